The molecular weight excluding hydrogens is 390 g/mol. The van der Waals surface area contributed by atoms with E-state index in [-0.39, 0.29) is 11.3 Å². The van der Waals surface area contributed by atoms with Crippen LogP contribution in [0.4, 0.5) is 14.8 Å². The van der Waals surface area contributed by atoms with E-state index in [4.69, 9.17) is 9.15 Å². The molecular formula is C18H18F2N4O3S. The van der Waals surface area contributed by atoms with Crippen molar-refractivity contribution in [2.45, 2.75) is 37.6 Å². The topological polar surface area (TPSA) is 83.7 Å². The largest absolute Gasteiger partial charge is 0.428 e. The molecule has 0 spiro atoms. The lowest BCUT2D eigenvalue weighted by Crippen LogP contribution is -2.67. The third kappa shape index (κ3) is 2.92. The van der Waals surface area contributed by atoms with Gasteiger partial charge in [0.1, 0.15) is 5.01 Å². The van der Waals surface area contributed by atoms with Gasteiger partial charge in [-0.15, -0.1) is 11.3 Å². The lowest BCUT2D eigenvalue weighted by atomic mass is 9.92. The molecule has 7 nitrogen and oxygen atoms in total. The summed E-state index contributed by atoms with van der Waals surface area (Å²) in [5.74, 6) is -0.142. The number of alkyl halides is 2. The van der Waals surface area contributed by atoms with Crippen molar-refractivity contribution < 1.29 is 23.0 Å². The molecule has 28 heavy (non-hydrogen) atoms. The molecule has 5 heterocycles. The summed E-state index contributed by atoms with van der Waals surface area (Å²) in [6, 6.07) is 4.20. The average molecular weight is 408 g/mol. The Hall–Kier alpha value is -2.30. The highest BCUT2D eigenvalue weighted by molar-refractivity contribution is 7.13. The quantitative estimate of drug-likeness (QED) is 0.672. The van der Waals surface area contributed by atoms with Gasteiger partial charge >= 0.3 is 6.11 Å². The molecule has 148 valence electrons. The maximum atomic E-state index is 14.0. The third-order valence-corrected chi connectivity index (χ3v) is 5.89. The van der Waals surface area contributed by atoms with Crippen molar-refractivity contribution in [1.82, 2.24) is 15.3 Å². The normalized spacial score (nSPS) is 22.9. The monoisotopic (exact) mass is 408 g/mol. The second-order valence-corrected chi connectivity index (χ2v) is 8.06. The summed E-state index contributed by atoms with van der Waals surface area (Å²) in [6.45, 7) is 2.47. The number of hydrogen-bond acceptors (Lipinski definition) is 8. The number of fused-ring (bicyclic) bond motifs is 3. The Kier molecular flexibility index (Phi) is 4.04. The molecule has 3 saturated heterocycles. The molecule has 2 unspecified atom stereocenters. The number of nitrogens with zero attached hydrogens (tertiary/aromatic N) is 3. The maximum absolute atomic E-state index is 14.0. The highest BCUT2D eigenvalue weighted by Gasteiger charge is 2.40. The predicted octanol–water partition coefficient (Wildman–Crippen LogP) is 2.85. The van der Waals surface area contributed by atoms with Gasteiger partial charge in [-0.1, -0.05) is 0 Å². The summed E-state index contributed by atoms with van der Waals surface area (Å²) in [4.78, 5) is 10.8. The summed E-state index contributed by atoms with van der Waals surface area (Å²) >= 11 is 1.42. The van der Waals surface area contributed by atoms with Crippen LogP contribution < -0.4 is 15.0 Å². The zero-order valence-corrected chi connectivity index (χ0v) is 15.7. The Labute approximate surface area is 163 Å². The number of aliphatic hydroxyl groups is 1. The van der Waals surface area contributed by atoms with Crippen LogP contribution in [-0.2, 0) is 0 Å². The van der Waals surface area contributed by atoms with E-state index in [1.165, 1.54) is 17.4 Å². The molecule has 0 radical (unpaired) electrons. The molecule has 0 amide bonds. The summed E-state index contributed by atoms with van der Waals surface area (Å²) in [7, 11) is 0. The highest BCUT2D eigenvalue weighted by Crippen LogP contribution is 2.40. The van der Waals surface area contributed by atoms with Gasteiger partial charge in [0.2, 0.25) is 0 Å². The predicted molar refractivity (Wildman–Crippen MR) is 99.9 cm³/mol. The van der Waals surface area contributed by atoms with E-state index < -0.39 is 12.2 Å². The zero-order chi connectivity index (χ0) is 19.5. The number of benzene rings is 1. The molecule has 3 aliphatic heterocycles. The summed E-state index contributed by atoms with van der Waals surface area (Å²) in [5, 5.41) is 15.3. The minimum Gasteiger partial charge on any atom is -0.428 e. The van der Waals surface area contributed by atoms with E-state index in [9.17, 15) is 13.9 Å². The first-order valence-electron chi connectivity index (χ1n) is 9.00. The van der Waals surface area contributed by atoms with Gasteiger partial charge in [-0.2, -0.15) is 13.8 Å². The van der Waals surface area contributed by atoms with Crippen molar-refractivity contribution in [3.8, 4) is 16.3 Å². The van der Waals surface area contributed by atoms with Gasteiger partial charge in [0, 0.05) is 36.8 Å². The highest BCUT2D eigenvalue weighted by atomic mass is 32.1. The fourth-order valence-corrected chi connectivity index (χ4v) is 4.28. The van der Waals surface area contributed by atoms with Gasteiger partial charge in [0.25, 0.3) is 6.01 Å². The van der Waals surface area contributed by atoms with Crippen molar-refractivity contribution in [3.63, 3.8) is 0 Å². The van der Waals surface area contributed by atoms with E-state index >= 15 is 0 Å². The molecule has 3 fully saturated rings. The SMILES string of the molecule is C[C@H](O)C(F)(F)Oc1ccc(-c2nccs2)c2oc(N3CC4CC(C3)N4)nc12. The van der Waals surface area contributed by atoms with Crippen LogP contribution in [0.1, 0.15) is 13.3 Å². The van der Waals surface area contributed by atoms with Crippen LogP contribution in [0.5, 0.6) is 5.75 Å². The molecule has 0 saturated carbocycles. The van der Waals surface area contributed by atoms with Gasteiger partial charge in [0.15, 0.2) is 23.0 Å². The smallest absolute Gasteiger partial charge is 0.424 e. The number of oxazole rings is 1. The van der Waals surface area contributed by atoms with Crippen molar-refractivity contribution in [2.75, 3.05) is 18.0 Å². The molecule has 10 heteroatoms. The van der Waals surface area contributed by atoms with Crippen LogP contribution in [-0.4, -0.2) is 52.5 Å². The Bertz CT molecular complexity index is 992. The van der Waals surface area contributed by atoms with Crippen molar-refractivity contribution in [2.24, 2.45) is 0 Å². The standard InChI is InChI=1S/C18H18F2N4O3S/c1-9(25)18(19,20)27-13-3-2-12(16-21-4-5-28-16)15-14(13)23-17(26-15)24-7-10-6-11(8-24)22-10/h2-5,9-11,22,25H,6-8H2,1H3/t9-,10?,11?/m0/s1. The lowest BCUT2D eigenvalue weighted by molar-refractivity contribution is -0.233. The number of hydrogen-bond donors (Lipinski definition) is 2. The Morgan fingerprint density at radius 3 is 2.79 bits per heavy atom. The van der Waals surface area contributed by atoms with Gasteiger partial charge in [-0.05, 0) is 25.5 Å². The summed E-state index contributed by atoms with van der Waals surface area (Å²) < 4.78 is 38.8. The molecule has 0 aliphatic carbocycles. The first-order chi connectivity index (χ1) is 13.4. The number of thiazole rings is 1. The summed E-state index contributed by atoms with van der Waals surface area (Å²) in [5.41, 5.74) is 1.20. The Balaban J connectivity index is 1.60. The van der Waals surface area contributed by atoms with E-state index in [1.807, 2.05) is 10.3 Å². The Morgan fingerprint density at radius 2 is 2.14 bits per heavy atom. The minimum atomic E-state index is -3.74. The number of aliphatic hydroxyl groups excluding tert-OH is 1. The van der Waals surface area contributed by atoms with Crippen LogP contribution in [0.3, 0.4) is 0 Å². The van der Waals surface area contributed by atoms with Gasteiger partial charge in [-0.3, -0.25) is 0 Å². The second-order valence-electron chi connectivity index (χ2n) is 7.16. The fraction of sp³-hybridized carbons (Fsp3) is 0.444. The van der Waals surface area contributed by atoms with Crippen molar-refractivity contribution >= 4 is 28.5 Å². The van der Waals surface area contributed by atoms with Gasteiger partial charge in [0.05, 0.1) is 5.56 Å². The number of nitrogens with one attached hydrogen (secondary N) is 1. The molecule has 2 N–H and O–H groups in total. The van der Waals surface area contributed by atoms with E-state index in [1.54, 1.807) is 12.3 Å². The number of aromatic nitrogens is 2. The fourth-order valence-electron chi connectivity index (χ4n) is 3.62. The van der Waals surface area contributed by atoms with Crippen molar-refractivity contribution in [3.05, 3.63) is 23.7 Å². The third-order valence-electron chi connectivity index (χ3n) is 5.08. The lowest BCUT2D eigenvalue weighted by Gasteiger charge is -2.47. The number of anilines is 1. The number of ether oxygens (including phenoxy) is 1. The minimum absolute atomic E-state index is 0.142. The molecule has 3 atom stereocenters. The number of piperidine rings is 1. The zero-order valence-electron chi connectivity index (χ0n) is 14.9. The Morgan fingerprint density at radius 1 is 1.39 bits per heavy atom. The van der Waals surface area contributed by atoms with Crippen LogP contribution in [0.15, 0.2) is 28.1 Å². The number of halogens is 2. The van der Waals surface area contributed by atoms with E-state index in [0.29, 0.717) is 34.3 Å². The van der Waals surface area contributed by atoms with Gasteiger partial charge < -0.3 is 24.5 Å². The van der Waals surface area contributed by atoms with Crippen LogP contribution in [0.2, 0.25) is 0 Å². The molecule has 6 rings (SSSR count). The van der Waals surface area contributed by atoms with Gasteiger partial charge in [-0.25, -0.2) is 4.98 Å². The number of rotatable bonds is 5. The molecule has 3 aliphatic rings. The molecule has 3 aromatic rings. The number of piperazine rings is 1. The second kappa shape index (κ2) is 6.36. The first kappa shape index (κ1) is 17.8. The first-order valence-corrected chi connectivity index (χ1v) is 9.88. The molecule has 2 bridgehead atoms. The van der Waals surface area contributed by atoms with Crippen LogP contribution >= 0.6 is 11.3 Å². The molecule has 2 aromatic heterocycles. The summed E-state index contributed by atoms with van der Waals surface area (Å²) in [6.07, 6.45) is -2.92. The van der Waals surface area contributed by atoms with Crippen molar-refractivity contribution in [1.29, 1.82) is 0 Å². The average Bonchev–Trinajstić information content (AvgIpc) is 3.31. The van der Waals surface area contributed by atoms with E-state index in [0.717, 1.165) is 26.4 Å². The maximum Gasteiger partial charge on any atom is 0.424 e. The van der Waals surface area contributed by atoms with Crippen LogP contribution in [0.25, 0.3) is 21.7 Å². The molecule has 1 aromatic carbocycles. The van der Waals surface area contributed by atoms with E-state index in [2.05, 4.69) is 15.3 Å². The van der Waals surface area contributed by atoms with Crippen LogP contribution in [0, 0.1) is 0 Å².